The summed E-state index contributed by atoms with van der Waals surface area (Å²) < 4.78 is 0. The van der Waals surface area contributed by atoms with Crippen LogP contribution in [0.3, 0.4) is 0 Å². The van der Waals surface area contributed by atoms with Crippen molar-refractivity contribution in [2.24, 2.45) is 5.73 Å². The average Bonchev–Trinajstić information content (AvgIpc) is 2.74. The van der Waals surface area contributed by atoms with E-state index in [-0.39, 0.29) is 5.91 Å². The van der Waals surface area contributed by atoms with Crippen LogP contribution in [0.5, 0.6) is 0 Å². The van der Waals surface area contributed by atoms with Gasteiger partial charge in [-0.15, -0.1) is 0 Å². The molecule has 5 N–H and O–H groups in total. The van der Waals surface area contributed by atoms with Gasteiger partial charge in [-0.1, -0.05) is 29.8 Å². The summed E-state index contributed by atoms with van der Waals surface area (Å²) in [5, 5.41) is 3.13. The summed E-state index contributed by atoms with van der Waals surface area (Å²) in [4.78, 5) is 31.8. The first-order chi connectivity index (χ1) is 14.4. The van der Waals surface area contributed by atoms with E-state index >= 15 is 0 Å². The second kappa shape index (κ2) is 9.49. The van der Waals surface area contributed by atoms with Crippen LogP contribution in [-0.2, 0) is 4.79 Å². The Morgan fingerprint density at radius 1 is 0.967 bits per heavy atom. The van der Waals surface area contributed by atoms with E-state index < -0.39 is 5.91 Å². The molecule has 2 aromatic carbocycles. The molecule has 7 nitrogen and oxygen atoms in total. The van der Waals surface area contributed by atoms with Crippen LogP contribution in [0, 0.1) is 0 Å². The van der Waals surface area contributed by atoms with Crippen LogP contribution in [0.15, 0.2) is 60.9 Å². The molecule has 0 saturated heterocycles. The second-order valence-electron chi connectivity index (χ2n) is 6.24. The SMILES string of the molecule is NC(=O)c1cccc(/C=C/c2cnc(/C=C/C(=O)Nc3cc(Cl)ccc3N)cn2)c1. The number of anilines is 2. The van der Waals surface area contributed by atoms with Crippen LogP contribution in [0.2, 0.25) is 5.02 Å². The summed E-state index contributed by atoms with van der Waals surface area (Å²) in [6, 6.07) is 11.8. The van der Waals surface area contributed by atoms with Crippen molar-refractivity contribution in [3.05, 3.63) is 88.5 Å². The predicted octanol–water partition coefficient (Wildman–Crippen LogP) is 3.63. The summed E-state index contributed by atoms with van der Waals surface area (Å²) in [5.41, 5.74) is 14.3. The molecule has 0 saturated carbocycles. The van der Waals surface area contributed by atoms with Gasteiger partial charge in [0.2, 0.25) is 11.8 Å². The van der Waals surface area contributed by atoms with Gasteiger partial charge in [-0.3, -0.25) is 19.6 Å². The number of rotatable bonds is 6. The first kappa shape index (κ1) is 20.8. The average molecular weight is 420 g/mol. The van der Waals surface area contributed by atoms with Crippen molar-refractivity contribution in [3.63, 3.8) is 0 Å². The topological polar surface area (TPSA) is 124 Å². The van der Waals surface area contributed by atoms with E-state index in [0.29, 0.717) is 33.3 Å². The number of hydrogen-bond donors (Lipinski definition) is 3. The number of benzene rings is 2. The summed E-state index contributed by atoms with van der Waals surface area (Å²) in [6.07, 6.45) is 9.53. The number of hydrogen-bond acceptors (Lipinski definition) is 5. The normalized spacial score (nSPS) is 11.1. The molecule has 0 aliphatic heterocycles. The summed E-state index contributed by atoms with van der Waals surface area (Å²) in [7, 11) is 0. The Bertz CT molecular complexity index is 1140. The van der Waals surface area contributed by atoms with Crippen LogP contribution in [-0.4, -0.2) is 21.8 Å². The zero-order valence-electron chi connectivity index (χ0n) is 15.7. The van der Waals surface area contributed by atoms with Crippen molar-refractivity contribution < 1.29 is 9.59 Å². The van der Waals surface area contributed by atoms with Gasteiger partial charge in [0.05, 0.1) is 35.2 Å². The van der Waals surface area contributed by atoms with Crippen molar-refractivity contribution in [3.8, 4) is 0 Å². The zero-order chi connectivity index (χ0) is 21.5. The van der Waals surface area contributed by atoms with Gasteiger partial charge in [-0.2, -0.15) is 0 Å². The number of nitrogens with two attached hydrogens (primary N) is 2. The molecule has 8 heteroatoms. The van der Waals surface area contributed by atoms with Crippen molar-refractivity contribution in [1.82, 2.24) is 9.97 Å². The van der Waals surface area contributed by atoms with E-state index in [0.717, 1.165) is 5.56 Å². The fourth-order valence-electron chi connectivity index (χ4n) is 2.47. The minimum atomic E-state index is -0.483. The van der Waals surface area contributed by atoms with E-state index in [4.69, 9.17) is 23.1 Å². The fourth-order valence-corrected chi connectivity index (χ4v) is 2.64. The zero-order valence-corrected chi connectivity index (χ0v) is 16.5. The van der Waals surface area contributed by atoms with Gasteiger partial charge in [-0.05, 0) is 48.0 Å². The summed E-state index contributed by atoms with van der Waals surface area (Å²) in [5.74, 6) is -0.854. The van der Waals surface area contributed by atoms with E-state index in [1.807, 2.05) is 6.07 Å². The molecule has 1 aromatic heterocycles. The number of aromatic nitrogens is 2. The monoisotopic (exact) mass is 419 g/mol. The van der Waals surface area contributed by atoms with Crippen LogP contribution in [0.25, 0.3) is 18.2 Å². The Labute approximate surface area is 178 Å². The Morgan fingerprint density at radius 3 is 2.40 bits per heavy atom. The van der Waals surface area contributed by atoms with Crippen molar-refractivity contribution in [2.75, 3.05) is 11.1 Å². The highest BCUT2D eigenvalue weighted by Crippen LogP contribution is 2.22. The fraction of sp³-hybridized carbons (Fsp3) is 0. The molecule has 150 valence electrons. The molecule has 0 bridgehead atoms. The molecule has 0 unspecified atom stereocenters. The van der Waals surface area contributed by atoms with Gasteiger partial charge in [0.1, 0.15) is 0 Å². The minimum absolute atomic E-state index is 0.371. The molecule has 0 aliphatic rings. The highest BCUT2D eigenvalue weighted by Gasteiger charge is 2.04. The quantitative estimate of drug-likeness (QED) is 0.415. The van der Waals surface area contributed by atoms with E-state index in [9.17, 15) is 9.59 Å². The summed E-state index contributed by atoms with van der Waals surface area (Å²) in [6.45, 7) is 0. The van der Waals surface area contributed by atoms with Gasteiger partial charge in [0, 0.05) is 16.7 Å². The highest BCUT2D eigenvalue weighted by molar-refractivity contribution is 6.31. The van der Waals surface area contributed by atoms with Gasteiger partial charge in [0.25, 0.3) is 0 Å². The third-order valence-corrected chi connectivity index (χ3v) is 4.22. The molecule has 0 spiro atoms. The molecule has 0 aliphatic carbocycles. The first-order valence-electron chi connectivity index (χ1n) is 8.85. The molecule has 2 amide bonds. The number of halogens is 1. The molecular formula is C22H18ClN5O2. The number of carbonyl (C=O) groups excluding carboxylic acids is 2. The maximum Gasteiger partial charge on any atom is 0.248 e. The first-order valence-corrected chi connectivity index (χ1v) is 9.22. The standard InChI is InChI=1S/C22H18ClN5O2/c23-16-5-8-19(24)20(11-16)28-21(29)9-7-18-13-26-17(12-27-18)6-4-14-2-1-3-15(10-14)22(25)30/h1-13H,24H2,(H2,25,30)(H,28,29)/b6-4+,9-7+. The Morgan fingerprint density at radius 2 is 1.70 bits per heavy atom. The lowest BCUT2D eigenvalue weighted by Gasteiger charge is -2.06. The molecule has 30 heavy (non-hydrogen) atoms. The lowest BCUT2D eigenvalue weighted by Crippen LogP contribution is -2.10. The van der Waals surface area contributed by atoms with Gasteiger partial charge >= 0.3 is 0 Å². The Hall–Kier alpha value is -3.97. The minimum Gasteiger partial charge on any atom is -0.397 e. The number of nitrogens with one attached hydrogen (secondary N) is 1. The highest BCUT2D eigenvalue weighted by atomic mass is 35.5. The van der Waals surface area contributed by atoms with Crippen LogP contribution in [0.4, 0.5) is 11.4 Å². The van der Waals surface area contributed by atoms with Crippen LogP contribution in [0.1, 0.15) is 27.3 Å². The molecule has 0 atom stereocenters. The third-order valence-electron chi connectivity index (χ3n) is 3.99. The maximum atomic E-state index is 12.1. The smallest absolute Gasteiger partial charge is 0.248 e. The van der Waals surface area contributed by atoms with E-state index in [1.165, 1.54) is 18.3 Å². The molecular weight excluding hydrogens is 402 g/mol. The van der Waals surface area contributed by atoms with Crippen molar-refractivity contribution in [2.45, 2.75) is 0 Å². The number of nitrogen functional groups attached to an aromatic ring is 1. The molecule has 0 fully saturated rings. The largest absolute Gasteiger partial charge is 0.397 e. The molecule has 3 rings (SSSR count). The number of primary amides is 1. The molecule has 0 radical (unpaired) electrons. The van der Waals surface area contributed by atoms with E-state index in [2.05, 4.69) is 15.3 Å². The van der Waals surface area contributed by atoms with Gasteiger partial charge in [-0.25, -0.2) is 0 Å². The predicted molar refractivity (Wildman–Crippen MR) is 119 cm³/mol. The van der Waals surface area contributed by atoms with Crippen molar-refractivity contribution in [1.29, 1.82) is 0 Å². The molecule has 1 heterocycles. The number of nitrogens with zero attached hydrogens (tertiary/aromatic N) is 2. The number of amides is 2. The second-order valence-corrected chi connectivity index (χ2v) is 6.68. The lowest BCUT2D eigenvalue weighted by atomic mass is 10.1. The molecule has 3 aromatic rings. The van der Waals surface area contributed by atoms with Crippen molar-refractivity contribution >= 4 is 53.0 Å². The Kier molecular flexibility index (Phi) is 6.56. The van der Waals surface area contributed by atoms with Gasteiger partial charge < -0.3 is 16.8 Å². The van der Waals surface area contributed by atoms with Gasteiger partial charge in [0.15, 0.2) is 0 Å². The Balaban J connectivity index is 1.62. The third kappa shape index (κ3) is 5.76. The summed E-state index contributed by atoms with van der Waals surface area (Å²) >= 11 is 5.91. The van der Waals surface area contributed by atoms with Crippen LogP contribution < -0.4 is 16.8 Å². The van der Waals surface area contributed by atoms with Crippen LogP contribution >= 0.6 is 11.6 Å². The maximum absolute atomic E-state index is 12.1. The number of carbonyl (C=O) groups is 2. The lowest BCUT2D eigenvalue weighted by molar-refractivity contribution is -0.111. The van der Waals surface area contributed by atoms with E-state index in [1.54, 1.807) is 54.7 Å².